The molecule has 0 aliphatic carbocycles. The number of nitro benzene ring substituents is 1. The van der Waals surface area contributed by atoms with Crippen LogP contribution in [0.3, 0.4) is 0 Å². The molecule has 0 bridgehead atoms. The van der Waals surface area contributed by atoms with Crippen molar-refractivity contribution in [3.63, 3.8) is 0 Å². The number of rotatable bonds is 4. The molecule has 0 amide bonds. The number of hydrogen-bond donors (Lipinski definition) is 0. The van der Waals surface area contributed by atoms with E-state index in [0.717, 1.165) is 41.2 Å². The lowest BCUT2D eigenvalue weighted by Gasteiger charge is -2.38. The summed E-state index contributed by atoms with van der Waals surface area (Å²) >= 11 is 0. The molecule has 0 radical (unpaired) electrons. The Labute approximate surface area is 247 Å². The molecule has 1 atom stereocenters. The highest BCUT2D eigenvalue weighted by molar-refractivity contribution is 5.81. The van der Waals surface area contributed by atoms with Crippen LogP contribution in [-0.2, 0) is 12.0 Å². The number of nitrogens with zero attached hydrogens (tertiary/aromatic N) is 3. The average Bonchev–Trinajstić information content (AvgIpc) is 3.19. The van der Waals surface area contributed by atoms with Crippen LogP contribution in [0.2, 0.25) is 0 Å². The van der Waals surface area contributed by atoms with E-state index in [2.05, 4.69) is 68.7 Å². The van der Waals surface area contributed by atoms with E-state index in [9.17, 15) is 14.9 Å². The Morgan fingerprint density at radius 2 is 1.71 bits per heavy atom. The maximum absolute atomic E-state index is 11.5. The molecule has 8 heteroatoms. The number of ether oxygens (including phenoxy) is 1. The standard InChI is InChI=1S/C18H18N2O3.C14H17NO2.C2H6/c1-11-4-6-15-14(8-11)18(2,3)17-19(15)10-12-9-13(20(21)22)5-7-16(12)23-17;1-4-15(5-2)12-7-6-11-8-10(3)14(16)17-13(11)9-12;1-2/h4-9,17H,10H2,1-3H3;6-9H,4-5H2,1-3H3;1-2H3. The molecule has 3 aromatic carbocycles. The van der Waals surface area contributed by atoms with Crippen LogP contribution in [0.5, 0.6) is 5.75 Å². The molecule has 1 aromatic heterocycles. The molecule has 0 N–H and O–H groups in total. The fraction of sp³-hybridized carbons (Fsp3) is 0.382. The lowest BCUT2D eigenvalue weighted by molar-refractivity contribution is -0.385. The normalized spacial score (nSPS) is 15.6. The minimum atomic E-state index is -0.363. The number of fused-ring (bicyclic) bond motifs is 5. The lowest BCUT2D eigenvalue weighted by atomic mass is 9.84. The van der Waals surface area contributed by atoms with Gasteiger partial charge in [0.2, 0.25) is 0 Å². The Bertz CT molecular complexity index is 1660. The van der Waals surface area contributed by atoms with Crippen LogP contribution in [0.25, 0.3) is 11.0 Å². The van der Waals surface area contributed by atoms with E-state index in [-0.39, 0.29) is 27.9 Å². The number of aryl methyl sites for hydroxylation is 2. The molecule has 0 spiro atoms. The zero-order valence-corrected chi connectivity index (χ0v) is 25.9. The molecule has 0 saturated carbocycles. The van der Waals surface area contributed by atoms with E-state index in [0.29, 0.717) is 17.7 Å². The fourth-order valence-electron chi connectivity index (χ4n) is 5.65. The van der Waals surface area contributed by atoms with Gasteiger partial charge < -0.3 is 19.0 Å². The van der Waals surface area contributed by atoms with Crippen LogP contribution in [0, 0.1) is 24.0 Å². The van der Waals surface area contributed by atoms with Crippen LogP contribution in [-0.4, -0.2) is 24.2 Å². The van der Waals surface area contributed by atoms with Crippen molar-refractivity contribution in [1.29, 1.82) is 0 Å². The van der Waals surface area contributed by atoms with Crippen molar-refractivity contribution in [2.45, 2.75) is 73.6 Å². The molecule has 0 fully saturated rings. The van der Waals surface area contributed by atoms with Crippen LogP contribution >= 0.6 is 0 Å². The first kappa shape index (κ1) is 30.6. The number of hydrogen-bond acceptors (Lipinski definition) is 7. The van der Waals surface area contributed by atoms with Crippen molar-refractivity contribution in [2.24, 2.45) is 0 Å². The summed E-state index contributed by atoms with van der Waals surface area (Å²) in [5.74, 6) is 0.745. The minimum absolute atomic E-state index is 0.0896. The van der Waals surface area contributed by atoms with E-state index in [4.69, 9.17) is 9.15 Å². The van der Waals surface area contributed by atoms with Gasteiger partial charge in [0.25, 0.3) is 5.69 Å². The van der Waals surface area contributed by atoms with Crippen molar-refractivity contribution in [3.8, 4) is 5.75 Å². The molecule has 42 heavy (non-hydrogen) atoms. The summed E-state index contributed by atoms with van der Waals surface area (Å²) in [5, 5.41) is 12.0. The zero-order valence-electron chi connectivity index (χ0n) is 25.9. The summed E-state index contributed by atoms with van der Waals surface area (Å²) < 4.78 is 11.5. The third kappa shape index (κ3) is 5.71. The van der Waals surface area contributed by atoms with Gasteiger partial charge in [0.15, 0.2) is 6.23 Å². The van der Waals surface area contributed by atoms with Gasteiger partial charge in [-0.25, -0.2) is 4.79 Å². The Morgan fingerprint density at radius 1 is 1.00 bits per heavy atom. The lowest BCUT2D eigenvalue weighted by Crippen LogP contribution is -2.48. The molecule has 8 nitrogen and oxygen atoms in total. The molecule has 2 aliphatic rings. The second-order valence-electron chi connectivity index (χ2n) is 11.0. The van der Waals surface area contributed by atoms with E-state index in [1.54, 1.807) is 19.1 Å². The molecule has 0 saturated heterocycles. The number of benzene rings is 3. The van der Waals surface area contributed by atoms with Gasteiger partial charge in [0, 0.05) is 64.6 Å². The van der Waals surface area contributed by atoms with Crippen molar-refractivity contribution in [2.75, 3.05) is 22.9 Å². The van der Waals surface area contributed by atoms with Gasteiger partial charge in [-0.1, -0.05) is 45.4 Å². The van der Waals surface area contributed by atoms with Crippen LogP contribution in [0.4, 0.5) is 17.1 Å². The molecule has 222 valence electrons. The Balaban J connectivity index is 0.000000190. The molecular formula is C34H41N3O5. The van der Waals surface area contributed by atoms with Gasteiger partial charge in [-0.15, -0.1) is 0 Å². The SMILES string of the molecule is CC.CCN(CC)c1ccc2cc(C)c(=O)oc2c1.Cc1ccc2c(c1)C(C)(C)C1Oc3ccc([N+](=O)[O-])cc3CN21. The van der Waals surface area contributed by atoms with Crippen molar-refractivity contribution in [1.82, 2.24) is 0 Å². The molecule has 4 aromatic rings. The molecule has 1 unspecified atom stereocenters. The number of anilines is 2. The van der Waals surface area contributed by atoms with Crippen LogP contribution in [0.1, 0.15) is 63.8 Å². The first-order valence-electron chi connectivity index (χ1n) is 14.6. The number of non-ortho nitro benzene ring substituents is 1. The van der Waals surface area contributed by atoms with Crippen LogP contribution in [0.15, 0.2) is 69.9 Å². The van der Waals surface area contributed by atoms with E-state index in [1.807, 2.05) is 32.0 Å². The molecule has 3 heterocycles. The Kier molecular flexibility index (Phi) is 8.95. The van der Waals surface area contributed by atoms with E-state index >= 15 is 0 Å². The monoisotopic (exact) mass is 571 g/mol. The van der Waals surface area contributed by atoms with Gasteiger partial charge in [0.05, 0.1) is 11.5 Å². The minimum Gasteiger partial charge on any atom is -0.469 e. The van der Waals surface area contributed by atoms with E-state index < -0.39 is 0 Å². The van der Waals surface area contributed by atoms with Crippen molar-refractivity contribution < 1.29 is 14.1 Å². The predicted molar refractivity (Wildman–Crippen MR) is 170 cm³/mol. The van der Waals surface area contributed by atoms with Crippen molar-refractivity contribution in [3.05, 3.63) is 103 Å². The van der Waals surface area contributed by atoms with Gasteiger partial charge in [-0.3, -0.25) is 10.1 Å². The van der Waals surface area contributed by atoms with Gasteiger partial charge in [0.1, 0.15) is 11.3 Å². The zero-order chi connectivity index (χ0) is 30.8. The maximum Gasteiger partial charge on any atom is 0.339 e. The van der Waals surface area contributed by atoms with Crippen molar-refractivity contribution >= 4 is 28.0 Å². The topological polar surface area (TPSA) is 89.1 Å². The van der Waals surface area contributed by atoms with Gasteiger partial charge in [-0.2, -0.15) is 0 Å². The summed E-state index contributed by atoms with van der Waals surface area (Å²) in [6, 6.07) is 19.1. The second-order valence-corrected chi connectivity index (χ2v) is 11.0. The predicted octanol–water partition coefficient (Wildman–Crippen LogP) is 7.89. The van der Waals surface area contributed by atoms with Gasteiger partial charge >= 0.3 is 5.63 Å². The quantitative estimate of drug-likeness (QED) is 0.140. The first-order chi connectivity index (χ1) is 20.0. The third-order valence-corrected chi connectivity index (χ3v) is 7.91. The summed E-state index contributed by atoms with van der Waals surface area (Å²) in [5.41, 5.74) is 6.62. The Morgan fingerprint density at radius 3 is 2.38 bits per heavy atom. The molecule has 6 rings (SSSR count). The number of nitro groups is 1. The summed E-state index contributed by atoms with van der Waals surface area (Å²) in [7, 11) is 0. The highest BCUT2D eigenvalue weighted by atomic mass is 16.6. The third-order valence-electron chi connectivity index (χ3n) is 7.91. The Hall–Kier alpha value is -4.33. The highest BCUT2D eigenvalue weighted by Gasteiger charge is 2.48. The van der Waals surface area contributed by atoms with Gasteiger partial charge in [-0.05, 0) is 63.6 Å². The maximum atomic E-state index is 11.5. The van der Waals surface area contributed by atoms with Crippen LogP contribution < -0.4 is 20.2 Å². The first-order valence-corrected chi connectivity index (χ1v) is 14.6. The smallest absolute Gasteiger partial charge is 0.339 e. The highest BCUT2D eigenvalue weighted by Crippen LogP contribution is 2.49. The average molecular weight is 572 g/mol. The summed E-state index contributed by atoms with van der Waals surface area (Å²) in [6.07, 6.45) is -0.0896. The summed E-state index contributed by atoms with van der Waals surface area (Å²) in [4.78, 5) is 26.5. The van der Waals surface area contributed by atoms with E-state index in [1.165, 1.54) is 17.2 Å². The molecule has 2 aliphatic heterocycles. The largest absolute Gasteiger partial charge is 0.469 e. The second kappa shape index (κ2) is 12.3. The summed E-state index contributed by atoms with van der Waals surface area (Å²) in [6.45, 7) is 19.0. The molecular weight excluding hydrogens is 530 g/mol. The fourth-order valence-corrected chi connectivity index (χ4v) is 5.65.